The van der Waals surface area contributed by atoms with Gasteiger partial charge in [-0.25, -0.2) is 0 Å². The lowest BCUT2D eigenvalue weighted by Crippen LogP contribution is -2.39. The van der Waals surface area contributed by atoms with Crippen molar-refractivity contribution in [3.05, 3.63) is 65.2 Å². The first-order valence-electron chi connectivity index (χ1n) is 9.21. The molecule has 2 N–H and O–H groups in total. The van der Waals surface area contributed by atoms with Crippen molar-refractivity contribution in [1.29, 1.82) is 0 Å². The van der Waals surface area contributed by atoms with Crippen molar-refractivity contribution in [3.63, 3.8) is 0 Å². The molecule has 0 spiro atoms. The van der Waals surface area contributed by atoms with Gasteiger partial charge in [0.1, 0.15) is 5.75 Å². The van der Waals surface area contributed by atoms with Gasteiger partial charge in [-0.15, -0.1) is 0 Å². The summed E-state index contributed by atoms with van der Waals surface area (Å²) in [5.74, 6) is -0.382. The lowest BCUT2D eigenvalue weighted by Gasteiger charge is -2.25. The Bertz CT molecular complexity index is 803. The minimum Gasteiger partial charge on any atom is -0.497 e. The molecule has 0 fully saturated rings. The minimum absolute atomic E-state index is 0.0241. The molecule has 0 saturated heterocycles. The van der Waals surface area contributed by atoms with Gasteiger partial charge in [-0.1, -0.05) is 43.3 Å². The highest BCUT2D eigenvalue weighted by atomic mass is 16.5. The lowest BCUT2D eigenvalue weighted by atomic mass is 9.81. The predicted molar refractivity (Wildman–Crippen MR) is 103 cm³/mol. The van der Waals surface area contributed by atoms with E-state index in [0.717, 1.165) is 28.9 Å². The Morgan fingerprint density at radius 2 is 1.70 bits per heavy atom. The molecule has 0 radical (unpaired) electrons. The predicted octanol–water partition coefficient (Wildman–Crippen LogP) is 3.52. The monoisotopic (exact) mass is 367 g/mol. The van der Waals surface area contributed by atoms with Crippen molar-refractivity contribution in [3.8, 4) is 5.75 Å². The topological polar surface area (TPSA) is 75.6 Å². The quantitative estimate of drug-likeness (QED) is 0.785. The molecule has 5 nitrogen and oxygen atoms in total. The highest BCUT2D eigenvalue weighted by Gasteiger charge is 2.45. The van der Waals surface area contributed by atoms with Crippen molar-refractivity contribution in [2.75, 3.05) is 7.11 Å². The van der Waals surface area contributed by atoms with Crippen molar-refractivity contribution < 1.29 is 19.4 Å². The third-order valence-corrected chi connectivity index (χ3v) is 5.39. The number of methoxy groups -OCH3 is 1. The highest BCUT2D eigenvalue weighted by Crippen LogP contribution is 2.40. The van der Waals surface area contributed by atoms with Gasteiger partial charge in [0.15, 0.2) is 0 Å². The van der Waals surface area contributed by atoms with Crippen molar-refractivity contribution in [2.24, 2.45) is 5.41 Å². The van der Waals surface area contributed by atoms with E-state index in [1.54, 1.807) is 7.11 Å². The molecule has 142 valence electrons. The Kier molecular flexibility index (Phi) is 5.49. The summed E-state index contributed by atoms with van der Waals surface area (Å²) in [6.07, 6.45) is 1.48. The number of rotatable bonds is 7. The Balaban J connectivity index is 1.72. The summed E-state index contributed by atoms with van der Waals surface area (Å²) in [6.45, 7) is 1.99. The second-order valence-electron chi connectivity index (χ2n) is 7.19. The number of carboxylic acids is 1. The first kappa shape index (κ1) is 19.0. The zero-order chi connectivity index (χ0) is 19.4. The number of carbonyl (C=O) groups is 2. The van der Waals surface area contributed by atoms with Gasteiger partial charge in [0.2, 0.25) is 5.91 Å². The molecule has 0 bridgehead atoms. The van der Waals surface area contributed by atoms with Crippen LogP contribution in [0.1, 0.15) is 42.5 Å². The smallest absolute Gasteiger partial charge is 0.310 e. The molecule has 1 aliphatic carbocycles. The fourth-order valence-corrected chi connectivity index (χ4v) is 3.86. The molecule has 1 atom stereocenters. The average molecular weight is 367 g/mol. The van der Waals surface area contributed by atoms with Crippen LogP contribution < -0.4 is 10.1 Å². The highest BCUT2D eigenvalue weighted by molar-refractivity contribution is 5.86. The molecule has 0 aromatic heterocycles. The Labute approximate surface area is 159 Å². The van der Waals surface area contributed by atoms with E-state index >= 15 is 0 Å². The van der Waals surface area contributed by atoms with Gasteiger partial charge in [-0.05, 0) is 48.1 Å². The van der Waals surface area contributed by atoms with Crippen LogP contribution >= 0.6 is 0 Å². The van der Waals surface area contributed by atoms with Crippen molar-refractivity contribution in [1.82, 2.24) is 5.32 Å². The van der Waals surface area contributed by atoms with Crippen LogP contribution in [0, 0.1) is 5.41 Å². The zero-order valence-electron chi connectivity index (χ0n) is 15.7. The number of hydrogen-bond acceptors (Lipinski definition) is 3. The summed E-state index contributed by atoms with van der Waals surface area (Å²) in [7, 11) is 1.61. The molecule has 1 unspecified atom stereocenters. The van der Waals surface area contributed by atoms with Crippen LogP contribution in [-0.4, -0.2) is 24.1 Å². The first-order valence-corrected chi connectivity index (χ1v) is 9.21. The molecule has 2 aromatic carbocycles. The van der Waals surface area contributed by atoms with Gasteiger partial charge in [0.05, 0.1) is 18.6 Å². The van der Waals surface area contributed by atoms with Gasteiger partial charge in [-0.3, -0.25) is 9.59 Å². The SMILES string of the molecule is CCC(NC(=O)CC1(C(=O)O)Cc2ccccc2C1)c1ccc(OC)cc1. The molecule has 2 aromatic rings. The number of carbonyl (C=O) groups excluding carboxylic acids is 1. The maximum absolute atomic E-state index is 12.7. The number of carboxylic acid groups (broad SMARTS) is 1. The normalized spacial score (nSPS) is 15.6. The number of aliphatic carboxylic acids is 1. The van der Waals surface area contributed by atoms with Crippen LogP contribution in [0.4, 0.5) is 0 Å². The van der Waals surface area contributed by atoms with E-state index in [1.807, 2.05) is 55.5 Å². The van der Waals surface area contributed by atoms with E-state index in [-0.39, 0.29) is 18.4 Å². The minimum atomic E-state index is -1.06. The molecule has 1 aliphatic rings. The fourth-order valence-electron chi connectivity index (χ4n) is 3.86. The molecule has 1 amide bonds. The molecule has 0 aliphatic heterocycles. The summed E-state index contributed by atoms with van der Waals surface area (Å²) >= 11 is 0. The summed E-state index contributed by atoms with van der Waals surface area (Å²) in [5.41, 5.74) is 1.96. The van der Waals surface area contributed by atoms with E-state index in [4.69, 9.17) is 4.74 Å². The van der Waals surface area contributed by atoms with E-state index in [1.165, 1.54) is 0 Å². The summed E-state index contributed by atoms with van der Waals surface area (Å²) in [5, 5.41) is 12.9. The first-order chi connectivity index (χ1) is 13.0. The Morgan fingerprint density at radius 3 is 2.19 bits per heavy atom. The largest absolute Gasteiger partial charge is 0.497 e. The fraction of sp³-hybridized carbons (Fsp3) is 0.364. The van der Waals surface area contributed by atoms with Crippen molar-refractivity contribution in [2.45, 2.75) is 38.6 Å². The van der Waals surface area contributed by atoms with Crippen LogP contribution in [0.2, 0.25) is 0 Å². The summed E-state index contributed by atoms with van der Waals surface area (Å²) < 4.78 is 5.17. The van der Waals surface area contributed by atoms with E-state index in [2.05, 4.69) is 5.32 Å². The van der Waals surface area contributed by atoms with Crippen LogP contribution in [0.25, 0.3) is 0 Å². The average Bonchev–Trinajstić information content (AvgIpc) is 3.05. The number of hydrogen-bond donors (Lipinski definition) is 2. The number of nitrogens with one attached hydrogen (secondary N) is 1. The maximum Gasteiger partial charge on any atom is 0.310 e. The van der Waals surface area contributed by atoms with Gasteiger partial charge in [-0.2, -0.15) is 0 Å². The van der Waals surface area contributed by atoms with E-state index in [0.29, 0.717) is 12.8 Å². The van der Waals surface area contributed by atoms with Gasteiger partial charge >= 0.3 is 5.97 Å². The van der Waals surface area contributed by atoms with E-state index in [9.17, 15) is 14.7 Å². The summed E-state index contributed by atoms with van der Waals surface area (Å²) in [6, 6.07) is 15.1. The molecule has 3 rings (SSSR count). The number of amides is 1. The Hall–Kier alpha value is -2.82. The number of benzene rings is 2. The zero-order valence-corrected chi connectivity index (χ0v) is 15.7. The molecular formula is C22H25NO4. The lowest BCUT2D eigenvalue weighted by molar-refractivity contribution is -0.151. The van der Waals surface area contributed by atoms with Crippen LogP contribution in [0.3, 0.4) is 0 Å². The molecule has 5 heteroatoms. The third-order valence-electron chi connectivity index (χ3n) is 5.39. The molecular weight excluding hydrogens is 342 g/mol. The molecule has 0 saturated carbocycles. The van der Waals surface area contributed by atoms with E-state index < -0.39 is 11.4 Å². The van der Waals surface area contributed by atoms with Crippen LogP contribution in [0.15, 0.2) is 48.5 Å². The van der Waals surface area contributed by atoms with Gasteiger partial charge in [0, 0.05) is 6.42 Å². The van der Waals surface area contributed by atoms with Crippen LogP contribution in [-0.2, 0) is 22.4 Å². The third kappa shape index (κ3) is 3.97. The second kappa shape index (κ2) is 7.82. The van der Waals surface area contributed by atoms with Crippen LogP contribution in [0.5, 0.6) is 5.75 Å². The van der Waals surface area contributed by atoms with Gasteiger partial charge < -0.3 is 15.2 Å². The number of fused-ring (bicyclic) bond motifs is 1. The van der Waals surface area contributed by atoms with Gasteiger partial charge in [0.25, 0.3) is 0 Å². The standard InChI is InChI=1S/C22H25NO4/c1-3-19(15-8-10-18(27-2)11-9-15)23-20(24)14-22(21(25)26)12-16-6-4-5-7-17(16)13-22/h4-11,19H,3,12-14H2,1-2H3,(H,23,24)(H,25,26). The number of ether oxygens (including phenoxy) is 1. The molecule has 0 heterocycles. The maximum atomic E-state index is 12.7. The Morgan fingerprint density at radius 1 is 1.11 bits per heavy atom. The summed E-state index contributed by atoms with van der Waals surface area (Å²) in [4.78, 5) is 24.8. The van der Waals surface area contributed by atoms with Crippen molar-refractivity contribution >= 4 is 11.9 Å². The second-order valence-corrected chi connectivity index (χ2v) is 7.19. The molecule has 27 heavy (non-hydrogen) atoms.